The Bertz CT molecular complexity index is 3390. The molecular formula is C40H52F4N8O20. The van der Waals surface area contributed by atoms with Crippen LogP contribution in [0.2, 0.25) is 0 Å². The number of aryl methyl sites for hydroxylation is 4. The third-order valence-electron chi connectivity index (χ3n) is 10.7. The fourth-order valence-corrected chi connectivity index (χ4v) is 6.98. The van der Waals surface area contributed by atoms with Crippen LogP contribution in [-0.2, 0) is 18.9 Å². The molecule has 4 aliphatic heterocycles. The lowest BCUT2D eigenvalue weighted by Crippen LogP contribution is -2.36. The molecule has 0 aliphatic carbocycles. The van der Waals surface area contributed by atoms with Gasteiger partial charge in [0, 0.05) is 72.7 Å². The molecule has 4 aromatic heterocycles. The van der Waals surface area contributed by atoms with Gasteiger partial charge in [0.2, 0.25) is 23.4 Å². The molecular weight excluding hydrogens is 988 g/mol. The Hall–Kier alpha value is -6.04. The molecule has 0 spiro atoms. The number of hydrogen-bond acceptors (Lipinski definition) is 20. The molecule has 28 nitrogen and oxygen atoms in total. The van der Waals surface area contributed by atoms with E-state index >= 15 is 0 Å². The van der Waals surface area contributed by atoms with Crippen LogP contribution < -0.4 is 45.0 Å². The van der Waals surface area contributed by atoms with Crippen LogP contribution in [0.5, 0.6) is 0 Å². The summed E-state index contributed by atoms with van der Waals surface area (Å²) in [4.78, 5) is 99.2. The normalized spacial score (nSPS) is 35.4. The van der Waals surface area contributed by atoms with Crippen molar-refractivity contribution in [3.8, 4) is 0 Å². The van der Waals surface area contributed by atoms with E-state index in [9.17, 15) is 76.3 Å². The lowest BCUT2D eigenvalue weighted by Gasteiger charge is -2.19. The molecule has 72 heavy (non-hydrogen) atoms. The lowest BCUT2D eigenvalue weighted by molar-refractivity contribution is -0.181. The quantitative estimate of drug-likeness (QED) is 0.0736. The molecule has 4 aliphatic rings. The molecule has 12 atom stereocenters. The molecule has 4 saturated heterocycles. The average Bonchev–Trinajstić information content (AvgIpc) is 3.98. The van der Waals surface area contributed by atoms with Crippen LogP contribution in [0.15, 0.2) is 63.1 Å². The lowest BCUT2D eigenvalue weighted by atomic mass is 10.2. The van der Waals surface area contributed by atoms with Crippen LogP contribution in [0, 0.1) is 27.7 Å². The van der Waals surface area contributed by atoms with Gasteiger partial charge in [-0.2, -0.15) is 0 Å². The zero-order valence-corrected chi connectivity index (χ0v) is 37.8. The number of halogens is 4. The number of alkyl halides is 4. The van der Waals surface area contributed by atoms with Crippen molar-refractivity contribution >= 4 is 0 Å². The predicted molar refractivity (Wildman–Crippen MR) is 231 cm³/mol. The maximum Gasteiger partial charge on any atom is 0.330 e. The molecule has 4 aromatic rings. The molecule has 0 amide bonds. The summed E-state index contributed by atoms with van der Waals surface area (Å²) in [6.45, 7) is -3.25. The van der Waals surface area contributed by atoms with Crippen LogP contribution in [0.25, 0.3) is 0 Å². The summed E-state index contributed by atoms with van der Waals surface area (Å²) in [5.41, 5.74) is -6.00. The molecule has 12 N–H and O–H groups in total. The molecule has 0 aromatic carbocycles. The first-order chi connectivity index (χ1) is 35.5. The molecule has 0 saturated carbocycles. The van der Waals surface area contributed by atoms with Crippen LogP contribution in [0.1, 0.15) is 81.0 Å². The molecule has 8 heterocycles. The molecule has 32 heteroatoms. The summed E-state index contributed by atoms with van der Waals surface area (Å²) in [6, 6.07) is 0. The highest BCUT2D eigenvalue weighted by Crippen LogP contribution is 2.39. The summed E-state index contributed by atoms with van der Waals surface area (Å²) in [5, 5.41) is 74.8. The Balaban J connectivity index is 0.000000192. The Morgan fingerprint density at radius 3 is 1.03 bits per heavy atom. The first-order valence-electron chi connectivity index (χ1n) is 23.7. The van der Waals surface area contributed by atoms with E-state index < -0.39 is 170 Å². The summed E-state index contributed by atoms with van der Waals surface area (Å²) >= 11 is 0. The summed E-state index contributed by atoms with van der Waals surface area (Å²) < 4.78 is 121. The summed E-state index contributed by atoms with van der Waals surface area (Å²) in [7, 11) is 0. The second-order valence-corrected chi connectivity index (χ2v) is 16.5. The third-order valence-corrected chi connectivity index (χ3v) is 10.7. The van der Waals surface area contributed by atoms with E-state index in [1.54, 1.807) is 0 Å². The number of aliphatic hydroxyl groups excluding tert-OH is 6. The number of aromatic amines is 4. The molecule has 0 radical (unpaired) electrons. The maximum absolute atomic E-state index is 14.2. The third kappa shape index (κ3) is 12.6. The van der Waals surface area contributed by atoms with Gasteiger partial charge in [0.05, 0.1) is 8.22 Å². The number of rotatable bonds is 8. The van der Waals surface area contributed by atoms with Crippen molar-refractivity contribution in [2.75, 3.05) is 26.3 Å². The predicted octanol–water partition coefficient (Wildman–Crippen LogP) is -4.87. The smallest absolute Gasteiger partial charge is 0.330 e. The van der Waals surface area contributed by atoms with E-state index in [1.165, 1.54) is 33.9 Å². The van der Waals surface area contributed by atoms with E-state index in [0.717, 1.165) is 27.7 Å². The first kappa shape index (κ1) is 48.2. The van der Waals surface area contributed by atoms with E-state index in [1.807, 2.05) is 19.9 Å². The highest BCUT2D eigenvalue weighted by atomic mass is 19.2. The Morgan fingerprint density at radius 2 is 0.736 bits per heavy atom. The number of ether oxygens (including phenoxy) is 4. The minimum Gasteiger partial charge on any atom is -0.390 e. The average molecular weight is 1050 g/mol. The first-order valence-corrected chi connectivity index (χ1v) is 20.7. The minimum atomic E-state index is -3.49. The van der Waals surface area contributed by atoms with E-state index in [4.69, 9.17) is 38.1 Å². The van der Waals surface area contributed by atoms with Gasteiger partial charge in [0.1, 0.15) is 50.7 Å². The van der Waals surface area contributed by atoms with Crippen molar-refractivity contribution in [2.24, 2.45) is 0 Å². The standard InChI is InChI=1S/4C10H13FN2O5/c4*1-5-3-13(9(17)12-7(5)16)8-6(15)2-10(11,4-14)18-8/h4*3,6,8,14-15H,2,4H2,1H3,(H,12,16,17)/t4*6-,8-,10+/m1111/s1/i4D2,8D;8D;4D2;. The van der Waals surface area contributed by atoms with Crippen molar-refractivity contribution in [1.82, 2.24) is 38.2 Å². The van der Waals surface area contributed by atoms with Gasteiger partial charge in [-0.05, 0) is 27.7 Å². The van der Waals surface area contributed by atoms with E-state index in [-0.39, 0.29) is 22.3 Å². The van der Waals surface area contributed by atoms with E-state index in [2.05, 4.69) is 9.47 Å². The van der Waals surface area contributed by atoms with Crippen LogP contribution in [0.3, 0.4) is 0 Å². The highest BCUT2D eigenvalue weighted by Gasteiger charge is 2.50. The van der Waals surface area contributed by atoms with Crippen LogP contribution >= 0.6 is 0 Å². The van der Waals surface area contributed by atoms with Gasteiger partial charge in [0.25, 0.3) is 22.2 Å². The number of nitrogens with zero attached hydrogens (tertiary/aromatic N) is 4. The minimum absolute atomic E-state index is 0.000363. The summed E-state index contributed by atoms with van der Waals surface area (Å²) in [6.07, 6.45) is -13.4. The molecule has 400 valence electrons. The Labute approximate surface area is 406 Å². The number of H-pyrrole nitrogens is 4. The number of nitrogens with one attached hydrogen (secondary N) is 4. The Kier molecular flexibility index (Phi) is 14.7. The van der Waals surface area contributed by atoms with Gasteiger partial charge in [-0.15, -0.1) is 0 Å². The zero-order chi connectivity index (χ0) is 59.4. The van der Waals surface area contributed by atoms with Gasteiger partial charge in [-0.25, -0.2) is 36.7 Å². The van der Waals surface area contributed by atoms with Gasteiger partial charge in [-0.1, -0.05) is 0 Å². The van der Waals surface area contributed by atoms with Crippen molar-refractivity contribution in [2.45, 2.75) is 126 Å². The maximum atomic E-state index is 14.2. The van der Waals surface area contributed by atoms with E-state index in [0.29, 0.717) is 9.13 Å². The molecule has 0 bridgehead atoms. The van der Waals surface area contributed by atoms with Gasteiger partial charge in [-0.3, -0.25) is 57.4 Å². The fourth-order valence-electron chi connectivity index (χ4n) is 6.98. The van der Waals surface area contributed by atoms with Crippen molar-refractivity contribution in [3.05, 3.63) is 130 Å². The fraction of sp³-hybridized carbons (Fsp3) is 0.600. The highest BCUT2D eigenvalue weighted by molar-refractivity contribution is 5.06. The molecule has 8 rings (SSSR count). The number of hydrogen-bond donors (Lipinski definition) is 12. The van der Waals surface area contributed by atoms with Gasteiger partial charge >= 0.3 is 22.8 Å². The summed E-state index contributed by atoms with van der Waals surface area (Å²) in [5.74, 6) is -11.5. The second kappa shape index (κ2) is 22.0. The van der Waals surface area contributed by atoms with Crippen LogP contribution in [0.4, 0.5) is 17.6 Å². The number of aromatic nitrogens is 8. The van der Waals surface area contributed by atoms with Crippen molar-refractivity contribution < 1.29 is 85.6 Å². The van der Waals surface area contributed by atoms with Crippen molar-refractivity contribution in [1.29, 1.82) is 0 Å². The van der Waals surface area contributed by atoms with Crippen molar-refractivity contribution in [3.63, 3.8) is 0 Å². The number of aliphatic hydroxyl groups is 8. The Morgan fingerprint density at radius 1 is 0.486 bits per heavy atom. The molecule has 0 unspecified atom stereocenters. The van der Waals surface area contributed by atoms with Gasteiger partial charge < -0.3 is 59.8 Å². The monoisotopic (exact) mass is 1050 g/mol. The molecule has 4 fully saturated rings. The largest absolute Gasteiger partial charge is 0.390 e. The van der Waals surface area contributed by atoms with Gasteiger partial charge in [0.15, 0.2) is 24.9 Å². The van der Waals surface area contributed by atoms with Crippen LogP contribution in [-0.4, -0.2) is 153 Å². The SMILES string of the molecule is Cc1cn([C@@H]2O[C@](F)(CO)C[C@H]2O)c(=O)[nH]c1=O.[2H]C([2H])(O)[C@]1(F)C[C@@H](O)[C@H](n2cc(C)c(=O)[nH]c2=O)O1.[2H]C([2H])(O)[C@]1(F)C[C@@H](O)[C@]([2H])(n2cc(C)c(=O)[nH]c2=O)O1.[2H][C@@]1(n2cc(C)c(=O)[nH]c2=O)O[C@](F)(CO)C[C@H]1O. The zero-order valence-electron chi connectivity index (χ0n) is 43.8. The topological polar surface area (TPSA) is 418 Å². The second-order valence-electron chi connectivity index (χ2n) is 16.5.